The molecule has 8 heteroatoms. The van der Waals surface area contributed by atoms with Gasteiger partial charge in [-0.25, -0.2) is 8.42 Å². The molecule has 2 rings (SSSR count). The van der Waals surface area contributed by atoms with E-state index in [9.17, 15) is 18.0 Å². The first-order valence-electron chi connectivity index (χ1n) is 11.5. The van der Waals surface area contributed by atoms with Crippen LogP contribution in [0.25, 0.3) is 0 Å². The summed E-state index contributed by atoms with van der Waals surface area (Å²) in [5.74, 6) is -0.646. The van der Waals surface area contributed by atoms with Gasteiger partial charge < -0.3 is 10.6 Å². The number of amides is 2. The summed E-state index contributed by atoms with van der Waals surface area (Å²) in [6.45, 7) is 8.67. The lowest BCUT2D eigenvalue weighted by molar-refractivity contribution is -0.118. The van der Waals surface area contributed by atoms with E-state index in [1.54, 1.807) is 54.6 Å². The van der Waals surface area contributed by atoms with Crippen molar-refractivity contribution in [2.24, 2.45) is 5.92 Å². The summed E-state index contributed by atoms with van der Waals surface area (Å²) in [5, 5.41) is 5.55. The van der Waals surface area contributed by atoms with Gasteiger partial charge in [0.2, 0.25) is 15.9 Å². The SMILES string of the molecule is CCCCN(CCCC)S(=O)(=O)c1ccc(NC(=O)c2cccc(NC(=O)C(C)C)c2)cc1. The lowest BCUT2D eigenvalue weighted by Crippen LogP contribution is -2.33. The number of carbonyl (C=O) groups is 2. The van der Waals surface area contributed by atoms with Gasteiger partial charge in [0, 0.05) is 35.9 Å². The molecule has 0 bridgehead atoms. The van der Waals surface area contributed by atoms with Gasteiger partial charge in [-0.15, -0.1) is 0 Å². The lowest BCUT2D eigenvalue weighted by Gasteiger charge is -2.22. The van der Waals surface area contributed by atoms with Crippen molar-refractivity contribution in [1.82, 2.24) is 4.31 Å². The van der Waals surface area contributed by atoms with Crippen LogP contribution in [0.15, 0.2) is 53.4 Å². The van der Waals surface area contributed by atoms with Crippen LogP contribution in [-0.4, -0.2) is 37.6 Å². The third-order valence-corrected chi connectivity index (χ3v) is 7.10. The van der Waals surface area contributed by atoms with E-state index in [1.807, 2.05) is 13.8 Å². The first kappa shape index (κ1) is 26.5. The number of hydrogen-bond acceptors (Lipinski definition) is 4. The largest absolute Gasteiger partial charge is 0.326 e. The number of rotatable bonds is 12. The standard InChI is InChI=1S/C25H35N3O4S/c1-5-7-16-28(17-8-6-2)33(31,32)23-14-12-21(13-15-23)26-25(30)20-10-9-11-22(18-20)27-24(29)19(3)4/h9-15,18-19H,5-8,16-17H2,1-4H3,(H,26,30)(H,27,29). The van der Waals surface area contributed by atoms with Crippen LogP contribution in [0.3, 0.4) is 0 Å². The van der Waals surface area contributed by atoms with Crippen LogP contribution in [0.2, 0.25) is 0 Å². The highest BCUT2D eigenvalue weighted by molar-refractivity contribution is 7.89. The molecule has 0 saturated heterocycles. The molecule has 0 saturated carbocycles. The Morgan fingerprint density at radius 1 is 0.879 bits per heavy atom. The molecule has 2 aromatic carbocycles. The Labute approximate surface area is 197 Å². The van der Waals surface area contributed by atoms with E-state index in [1.165, 1.54) is 12.1 Å². The number of anilines is 2. The van der Waals surface area contributed by atoms with Crippen LogP contribution in [0.4, 0.5) is 11.4 Å². The van der Waals surface area contributed by atoms with Crippen molar-refractivity contribution in [3.05, 3.63) is 54.1 Å². The summed E-state index contributed by atoms with van der Waals surface area (Å²) in [6.07, 6.45) is 3.47. The quantitative estimate of drug-likeness (QED) is 0.447. The minimum absolute atomic E-state index is 0.128. The number of nitrogens with one attached hydrogen (secondary N) is 2. The summed E-state index contributed by atoms with van der Waals surface area (Å²) in [5.41, 5.74) is 1.42. The molecule has 0 aliphatic heterocycles. The maximum absolute atomic E-state index is 13.1. The minimum Gasteiger partial charge on any atom is -0.326 e. The predicted molar refractivity (Wildman–Crippen MR) is 133 cm³/mol. The van der Waals surface area contributed by atoms with Gasteiger partial charge in [-0.1, -0.05) is 46.6 Å². The first-order valence-corrected chi connectivity index (χ1v) is 13.0. The molecule has 0 spiro atoms. The molecule has 0 heterocycles. The fourth-order valence-electron chi connectivity index (χ4n) is 3.11. The molecule has 7 nitrogen and oxygen atoms in total. The van der Waals surface area contributed by atoms with Gasteiger partial charge in [0.05, 0.1) is 4.90 Å². The Kier molecular flexibility index (Phi) is 10.1. The highest BCUT2D eigenvalue weighted by Gasteiger charge is 2.23. The van der Waals surface area contributed by atoms with Gasteiger partial charge in [-0.3, -0.25) is 9.59 Å². The van der Waals surface area contributed by atoms with Crippen LogP contribution in [-0.2, 0) is 14.8 Å². The summed E-state index contributed by atoms with van der Waals surface area (Å²) in [4.78, 5) is 24.8. The van der Waals surface area contributed by atoms with Crippen LogP contribution in [0.1, 0.15) is 63.7 Å². The molecular weight excluding hydrogens is 438 g/mol. The van der Waals surface area contributed by atoms with Crippen LogP contribution < -0.4 is 10.6 Å². The van der Waals surface area contributed by atoms with Crippen molar-refractivity contribution < 1.29 is 18.0 Å². The smallest absolute Gasteiger partial charge is 0.255 e. The van der Waals surface area contributed by atoms with E-state index in [2.05, 4.69) is 10.6 Å². The van der Waals surface area contributed by atoms with Crippen molar-refractivity contribution in [3.8, 4) is 0 Å². The maximum Gasteiger partial charge on any atom is 0.255 e. The van der Waals surface area contributed by atoms with Crippen LogP contribution in [0.5, 0.6) is 0 Å². The van der Waals surface area contributed by atoms with Crippen molar-refractivity contribution in [3.63, 3.8) is 0 Å². The van der Waals surface area contributed by atoms with Gasteiger partial charge in [-0.2, -0.15) is 4.31 Å². The van der Waals surface area contributed by atoms with Crippen molar-refractivity contribution in [2.45, 2.75) is 58.3 Å². The molecule has 0 atom stereocenters. The second-order valence-corrected chi connectivity index (χ2v) is 10.3. The van der Waals surface area contributed by atoms with E-state index < -0.39 is 10.0 Å². The molecule has 2 N–H and O–H groups in total. The van der Waals surface area contributed by atoms with Gasteiger partial charge >= 0.3 is 0 Å². The van der Waals surface area contributed by atoms with E-state index in [0.717, 1.165) is 25.7 Å². The number of sulfonamides is 1. The van der Waals surface area contributed by atoms with Crippen LogP contribution >= 0.6 is 0 Å². The van der Waals surface area contributed by atoms with Gasteiger partial charge in [0.1, 0.15) is 0 Å². The molecule has 180 valence electrons. The third-order valence-electron chi connectivity index (χ3n) is 5.19. The number of benzene rings is 2. The fourth-order valence-corrected chi connectivity index (χ4v) is 4.63. The topological polar surface area (TPSA) is 95.6 Å². The summed E-state index contributed by atoms with van der Waals surface area (Å²) in [6, 6.07) is 12.9. The zero-order valence-electron chi connectivity index (χ0n) is 19.9. The summed E-state index contributed by atoms with van der Waals surface area (Å²) < 4.78 is 27.7. The number of hydrogen-bond donors (Lipinski definition) is 2. The summed E-state index contributed by atoms with van der Waals surface area (Å²) in [7, 11) is -3.59. The number of unbranched alkanes of at least 4 members (excludes halogenated alkanes) is 2. The van der Waals surface area contributed by atoms with Gasteiger partial charge in [0.25, 0.3) is 5.91 Å². The van der Waals surface area contributed by atoms with Gasteiger partial charge in [0.15, 0.2) is 0 Å². The normalized spacial score (nSPS) is 11.6. The van der Waals surface area contributed by atoms with Crippen LogP contribution in [0, 0.1) is 5.92 Å². The Balaban J connectivity index is 2.12. The monoisotopic (exact) mass is 473 g/mol. The predicted octanol–water partition coefficient (Wildman–Crippen LogP) is 5.12. The molecule has 0 aromatic heterocycles. The Hall–Kier alpha value is -2.71. The highest BCUT2D eigenvalue weighted by atomic mass is 32.2. The van der Waals surface area contributed by atoms with E-state index in [0.29, 0.717) is 30.0 Å². The molecular formula is C25H35N3O4S. The molecule has 0 aliphatic rings. The number of nitrogens with zero attached hydrogens (tertiary/aromatic N) is 1. The zero-order valence-corrected chi connectivity index (χ0v) is 20.7. The summed E-state index contributed by atoms with van der Waals surface area (Å²) >= 11 is 0. The molecule has 0 aliphatic carbocycles. The van der Waals surface area contributed by atoms with Crippen molar-refractivity contribution in [1.29, 1.82) is 0 Å². The molecule has 33 heavy (non-hydrogen) atoms. The maximum atomic E-state index is 13.1. The molecule has 2 amide bonds. The van der Waals surface area contributed by atoms with E-state index in [4.69, 9.17) is 0 Å². The Bertz CT molecular complexity index is 1030. The van der Waals surface area contributed by atoms with E-state index >= 15 is 0 Å². The molecule has 0 radical (unpaired) electrons. The highest BCUT2D eigenvalue weighted by Crippen LogP contribution is 2.21. The minimum atomic E-state index is -3.59. The number of carbonyl (C=O) groups excluding carboxylic acids is 2. The van der Waals surface area contributed by atoms with Crippen molar-refractivity contribution >= 4 is 33.2 Å². The molecule has 0 fully saturated rings. The average Bonchev–Trinajstić information content (AvgIpc) is 2.79. The fraction of sp³-hybridized carbons (Fsp3) is 0.440. The van der Waals surface area contributed by atoms with Gasteiger partial charge in [-0.05, 0) is 55.3 Å². The average molecular weight is 474 g/mol. The second kappa shape index (κ2) is 12.5. The Morgan fingerprint density at radius 2 is 1.48 bits per heavy atom. The third kappa shape index (κ3) is 7.68. The lowest BCUT2D eigenvalue weighted by atomic mass is 10.1. The van der Waals surface area contributed by atoms with E-state index in [-0.39, 0.29) is 22.6 Å². The second-order valence-electron chi connectivity index (χ2n) is 8.31. The Morgan fingerprint density at radius 3 is 2.03 bits per heavy atom. The van der Waals surface area contributed by atoms with Crippen molar-refractivity contribution in [2.75, 3.05) is 23.7 Å². The molecule has 0 unspecified atom stereocenters. The molecule has 2 aromatic rings. The zero-order chi connectivity index (χ0) is 24.4. The first-order chi connectivity index (χ1) is 15.7.